The third-order valence-electron chi connectivity index (χ3n) is 2.69. The SMILES string of the molecule is C[Si](C)(c1ccc(C(=O)C(F)(F)F)cc1)C(F)F. The van der Waals surface area contributed by atoms with Gasteiger partial charge in [-0.25, -0.2) is 8.78 Å². The number of carbonyl (C=O) groups is 1. The number of benzene rings is 1. The first-order chi connectivity index (χ1) is 8.06. The largest absolute Gasteiger partial charge is 0.454 e. The summed E-state index contributed by atoms with van der Waals surface area (Å²) in [5.41, 5.74) is -0.537. The molecule has 0 N–H and O–H groups in total. The minimum Gasteiger partial charge on any atom is -0.284 e. The van der Waals surface area contributed by atoms with Gasteiger partial charge in [0.05, 0.1) is 0 Å². The number of hydrogen-bond acceptors (Lipinski definition) is 1. The van der Waals surface area contributed by atoms with Crippen LogP contribution in [0.4, 0.5) is 22.0 Å². The van der Waals surface area contributed by atoms with Crippen molar-refractivity contribution in [2.45, 2.75) is 25.3 Å². The average Bonchev–Trinajstić information content (AvgIpc) is 2.26. The van der Waals surface area contributed by atoms with Crippen LogP contribution in [-0.2, 0) is 0 Å². The Morgan fingerprint density at radius 2 is 1.56 bits per heavy atom. The maximum Gasteiger partial charge on any atom is 0.454 e. The van der Waals surface area contributed by atoms with E-state index in [0.717, 1.165) is 12.1 Å². The lowest BCUT2D eigenvalue weighted by atomic mass is 10.1. The molecule has 0 atom stereocenters. The van der Waals surface area contributed by atoms with Gasteiger partial charge in [0.15, 0.2) is 8.07 Å². The van der Waals surface area contributed by atoms with E-state index in [1.54, 1.807) is 0 Å². The van der Waals surface area contributed by atoms with Gasteiger partial charge in [0.2, 0.25) is 6.05 Å². The molecule has 0 fully saturated rings. The van der Waals surface area contributed by atoms with Crippen LogP contribution in [0.3, 0.4) is 0 Å². The molecule has 0 unspecified atom stereocenters. The lowest BCUT2D eigenvalue weighted by Gasteiger charge is -2.21. The molecule has 18 heavy (non-hydrogen) atoms. The molecule has 0 aliphatic carbocycles. The maximum absolute atomic E-state index is 12.8. The monoisotopic (exact) mass is 282 g/mol. The fourth-order valence-corrected chi connectivity index (χ4v) is 2.62. The summed E-state index contributed by atoms with van der Waals surface area (Å²) >= 11 is 0. The Morgan fingerprint density at radius 3 is 1.89 bits per heavy atom. The molecule has 7 heteroatoms. The Hall–Kier alpha value is -1.24. The molecule has 0 heterocycles. The molecule has 1 nitrogen and oxygen atoms in total. The second kappa shape index (κ2) is 4.79. The zero-order chi connectivity index (χ0) is 14.1. The molecule has 0 spiro atoms. The number of ketones is 1. The standard InChI is InChI=1S/C11H11F5OSi/c1-18(2,10(12)13)8-5-3-7(4-6-8)9(17)11(14,15)16/h3-6,10H,1-2H3. The summed E-state index contributed by atoms with van der Waals surface area (Å²) in [5, 5.41) is 0.316. The molecular formula is C11H11F5OSi. The number of carbonyl (C=O) groups excluding carboxylic acids is 1. The number of halogens is 5. The first kappa shape index (κ1) is 14.8. The molecule has 0 aromatic heterocycles. The average molecular weight is 282 g/mol. The second-order valence-electron chi connectivity index (χ2n) is 4.43. The van der Waals surface area contributed by atoms with Gasteiger partial charge in [-0.15, -0.1) is 0 Å². The highest BCUT2D eigenvalue weighted by molar-refractivity contribution is 6.90. The van der Waals surface area contributed by atoms with Crippen molar-refractivity contribution in [3.05, 3.63) is 29.8 Å². The number of Topliss-reactive ketones (excluding diaryl/α,β-unsaturated/α-hetero) is 1. The molecule has 0 aliphatic rings. The van der Waals surface area contributed by atoms with E-state index >= 15 is 0 Å². The van der Waals surface area contributed by atoms with Crippen molar-refractivity contribution >= 4 is 19.0 Å². The predicted molar refractivity (Wildman–Crippen MR) is 59.9 cm³/mol. The normalized spacial score (nSPS) is 12.9. The van der Waals surface area contributed by atoms with Gasteiger partial charge in [0.25, 0.3) is 5.78 Å². The summed E-state index contributed by atoms with van der Waals surface area (Å²) in [6.07, 6.45) is -4.95. The first-order valence-electron chi connectivity index (χ1n) is 5.07. The predicted octanol–water partition coefficient (Wildman–Crippen LogP) is 3.15. The van der Waals surface area contributed by atoms with E-state index < -0.39 is 31.6 Å². The molecule has 0 saturated heterocycles. The highest BCUT2D eigenvalue weighted by Gasteiger charge is 2.40. The zero-order valence-corrected chi connectivity index (χ0v) is 10.7. The molecule has 1 aromatic carbocycles. The topological polar surface area (TPSA) is 17.1 Å². The summed E-state index contributed by atoms with van der Waals surface area (Å²) in [6, 6.07) is 1.74. The quantitative estimate of drug-likeness (QED) is 0.473. The summed E-state index contributed by atoms with van der Waals surface area (Å²) in [4.78, 5) is 10.9. The van der Waals surface area contributed by atoms with Crippen LogP contribution in [0.25, 0.3) is 0 Å². The van der Waals surface area contributed by atoms with E-state index in [1.165, 1.54) is 25.2 Å². The van der Waals surface area contributed by atoms with Crippen molar-refractivity contribution in [3.63, 3.8) is 0 Å². The summed E-state index contributed by atoms with van der Waals surface area (Å²) in [7, 11) is -2.99. The Labute approximate surface area is 102 Å². The van der Waals surface area contributed by atoms with E-state index in [9.17, 15) is 26.7 Å². The molecule has 100 valence electrons. The Kier molecular flexibility index (Phi) is 3.95. The van der Waals surface area contributed by atoms with E-state index in [1.807, 2.05) is 0 Å². The van der Waals surface area contributed by atoms with Crippen LogP contribution in [0.2, 0.25) is 13.1 Å². The lowest BCUT2D eigenvalue weighted by Crippen LogP contribution is -2.48. The van der Waals surface area contributed by atoms with Gasteiger partial charge in [0, 0.05) is 5.56 Å². The third-order valence-corrected chi connectivity index (χ3v) is 5.61. The van der Waals surface area contributed by atoms with Crippen molar-refractivity contribution in [3.8, 4) is 0 Å². The number of alkyl halides is 5. The van der Waals surface area contributed by atoms with Crippen molar-refractivity contribution in [1.82, 2.24) is 0 Å². The Bertz CT molecular complexity index is 436. The van der Waals surface area contributed by atoms with E-state index in [0.29, 0.717) is 5.19 Å². The summed E-state index contributed by atoms with van der Waals surface area (Å²) < 4.78 is 61.9. The second-order valence-corrected chi connectivity index (χ2v) is 8.88. The number of hydrogen-bond donors (Lipinski definition) is 0. The van der Waals surface area contributed by atoms with Crippen molar-refractivity contribution in [1.29, 1.82) is 0 Å². The molecule has 1 aromatic rings. The van der Waals surface area contributed by atoms with Crippen LogP contribution in [0.15, 0.2) is 24.3 Å². The summed E-state index contributed by atoms with van der Waals surface area (Å²) in [6.45, 7) is 2.83. The minimum absolute atomic E-state index is 0.316. The minimum atomic E-state index is -4.95. The van der Waals surface area contributed by atoms with Crippen LogP contribution >= 0.6 is 0 Å². The Balaban J connectivity index is 3.05. The molecule has 0 radical (unpaired) electrons. The highest BCUT2D eigenvalue weighted by Crippen LogP contribution is 2.21. The van der Waals surface area contributed by atoms with Gasteiger partial charge >= 0.3 is 6.18 Å². The maximum atomic E-state index is 12.8. The molecule has 0 amide bonds. The molecule has 0 saturated carbocycles. The smallest absolute Gasteiger partial charge is 0.284 e. The van der Waals surface area contributed by atoms with Gasteiger partial charge < -0.3 is 0 Å². The highest BCUT2D eigenvalue weighted by atomic mass is 28.3. The van der Waals surface area contributed by atoms with Crippen LogP contribution in [0.5, 0.6) is 0 Å². The first-order valence-corrected chi connectivity index (χ1v) is 8.14. The third kappa shape index (κ3) is 2.95. The molecular weight excluding hydrogens is 271 g/mol. The fraction of sp³-hybridized carbons (Fsp3) is 0.364. The van der Waals surface area contributed by atoms with Gasteiger partial charge in [-0.05, 0) is 0 Å². The van der Waals surface area contributed by atoms with Crippen molar-refractivity contribution in [2.75, 3.05) is 0 Å². The summed E-state index contributed by atoms with van der Waals surface area (Å²) in [5.74, 6) is -1.97. The van der Waals surface area contributed by atoms with Crippen LogP contribution in [0, 0.1) is 0 Å². The van der Waals surface area contributed by atoms with Gasteiger partial charge in [-0.1, -0.05) is 42.5 Å². The van der Waals surface area contributed by atoms with Crippen LogP contribution in [-0.4, -0.2) is 26.1 Å². The fourth-order valence-electron chi connectivity index (χ4n) is 1.34. The van der Waals surface area contributed by atoms with Crippen molar-refractivity contribution < 1.29 is 26.7 Å². The Morgan fingerprint density at radius 1 is 1.11 bits per heavy atom. The lowest BCUT2D eigenvalue weighted by molar-refractivity contribution is -0.0885. The van der Waals surface area contributed by atoms with Gasteiger partial charge in [-0.3, -0.25) is 4.79 Å². The number of rotatable bonds is 3. The molecule has 1 rings (SSSR count). The molecule has 0 aliphatic heterocycles. The molecule has 0 bridgehead atoms. The van der Waals surface area contributed by atoms with Crippen LogP contribution < -0.4 is 5.19 Å². The van der Waals surface area contributed by atoms with Crippen LogP contribution in [0.1, 0.15) is 10.4 Å². The van der Waals surface area contributed by atoms with E-state index in [4.69, 9.17) is 0 Å². The van der Waals surface area contributed by atoms with E-state index in [-0.39, 0.29) is 0 Å². The van der Waals surface area contributed by atoms with Crippen molar-refractivity contribution in [2.24, 2.45) is 0 Å². The zero-order valence-electron chi connectivity index (χ0n) is 9.68. The van der Waals surface area contributed by atoms with Gasteiger partial charge in [0.1, 0.15) is 0 Å². The van der Waals surface area contributed by atoms with E-state index in [2.05, 4.69) is 0 Å². The van der Waals surface area contributed by atoms with Gasteiger partial charge in [-0.2, -0.15) is 13.2 Å².